The van der Waals surface area contributed by atoms with Crippen molar-refractivity contribution in [1.29, 1.82) is 0 Å². The summed E-state index contributed by atoms with van der Waals surface area (Å²) in [5.41, 5.74) is 4.57. The maximum atomic E-state index is 13.0. The van der Waals surface area contributed by atoms with Crippen LogP contribution < -0.4 is 14.8 Å². The lowest BCUT2D eigenvalue weighted by Gasteiger charge is -2.44. The van der Waals surface area contributed by atoms with Crippen LogP contribution in [0, 0.1) is 0 Å². The molecule has 0 amide bonds. The topological polar surface area (TPSA) is 69.3 Å². The van der Waals surface area contributed by atoms with Crippen LogP contribution in [-0.2, 0) is 27.3 Å². The Morgan fingerprint density at radius 3 is 2.48 bits per heavy atom. The van der Waals surface area contributed by atoms with Gasteiger partial charge in [0.25, 0.3) is 0 Å². The molecule has 7 nitrogen and oxygen atoms in total. The highest BCUT2D eigenvalue weighted by Crippen LogP contribution is 2.34. The van der Waals surface area contributed by atoms with Gasteiger partial charge in [-0.25, -0.2) is 4.79 Å². The largest absolute Gasteiger partial charge is 0.496 e. The van der Waals surface area contributed by atoms with Gasteiger partial charge >= 0.3 is 12.1 Å². The van der Waals surface area contributed by atoms with E-state index in [4.69, 9.17) is 30.5 Å². The Bertz CT molecular complexity index is 1480. The summed E-state index contributed by atoms with van der Waals surface area (Å²) >= 11 is 6.01. The molecule has 1 N–H and O–H groups in total. The Labute approximate surface area is 272 Å². The van der Waals surface area contributed by atoms with Gasteiger partial charge in [0.15, 0.2) is 0 Å². The van der Waals surface area contributed by atoms with Crippen molar-refractivity contribution in [1.82, 2.24) is 10.2 Å². The molecular formula is C35H38ClF3N2O5. The average Bonchev–Trinajstić information content (AvgIpc) is 3.05. The van der Waals surface area contributed by atoms with Gasteiger partial charge in [0, 0.05) is 48.7 Å². The summed E-state index contributed by atoms with van der Waals surface area (Å²) in [6.07, 6.45) is -2.95. The molecule has 5 rings (SSSR count). The highest BCUT2D eigenvalue weighted by atomic mass is 35.5. The standard InChI is InChI=1S/C35H38ClF3N2O5/c1-43-33-6-3-2-5-26(33)22-44-17-4-18-45-29-13-9-25(10-14-29)30-19-28-20-41(16-15-24-7-11-27(36)12-8-24)21-32(40-28)31(30)23-46-34(42)35(37,38)39/h2-3,5-14,28,32,40H,4,15-23H2,1H3. The van der Waals surface area contributed by atoms with Crippen molar-refractivity contribution in [3.8, 4) is 11.5 Å². The zero-order valence-electron chi connectivity index (χ0n) is 25.7. The number of para-hydroxylation sites is 1. The molecule has 2 heterocycles. The first-order chi connectivity index (χ1) is 22.2. The molecule has 0 radical (unpaired) electrons. The van der Waals surface area contributed by atoms with E-state index in [0.717, 1.165) is 47.5 Å². The highest BCUT2D eigenvalue weighted by molar-refractivity contribution is 6.30. The van der Waals surface area contributed by atoms with Gasteiger partial charge < -0.3 is 24.3 Å². The third-order valence-electron chi connectivity index (χ3n) is 8.19. The zero-order chi connectivity index (χ0) is 32.5. The SMILES string of the molecule is COc1ccccc1COCCCOc1ccc(C2=C(COC(=O)C(F)(F)F)C3CN(CCc4ccc(Cl)cc4)CC(C2)N3)cc1. The summed E-state index contributed by atoms with van der Waals surface area (Å²) in [6, 6.07) is 22.8. The molecule has 0 aliphatic carbocycles. The lowest BCUT2D eigenvalue weighted by atomic mass is 9.83. The smallest absolute Gasteiger partial charge is 0.490 e. The molecule has 3 aromatic carbocycles. The molecule has 0 spiro atoms. The second-order valence-electron chi connectivity index (χ2n) is 11.4. The molecule has 246 valence electrons. The predicted molar refractivity (Wildman–Crippen MR) is 170 cm³/mol. The van der Waals surface area contributed by atoms with Crippen molar-refractivity contribution in [2.45, 2.75) is 44.1 Å². The molecule has 1 saturated heterocycles. The number of rotatable bonds is 14. The van der Waals surface area contributed by atoms with Gasteiger partial charge in [-0.3, -0.25) is 4.90 Å². The molecule has 3 aromatic rings. The summed E-state index contributed by atoms with van der Waals surface area (Å²) in [4.78, 5) is 13.9. The molecular weight excluding hydrogens is 621 g/mol. The maximum Gasteiger partial charge on any atom is 0.490 e. The first-order valence-electron chi connectivity index (χ1n) is 15.3. The molecule has 11 heteroatoms. The van der Waals surface area contributed by atoms with E-state index in [1.165, 1.54) is 0 Å². The van der Waals surface area contributed by atoms with Crippen LogP contribution in [0.2, 0.25) is 5.02 Å². The van der Waals surface area contributed by atoms with Gasteiger partial charge in [-0.2, -0.15) is 13.2 Å². The van der Waals surface area contributed by atoms with Gasteiger partial charge in [-0.15, -0.1) is 0 Å². The monoisotopic (exact) mass is 658 g/mol. The molecule has 2 aliphatic heterocycles. The van der Waals surface area contributed by atoms with Crippen molar-refractivity contribution in [3.63, 3.8) is 0 Å². The van der Waals surface area contributed by atoms with Gasteiger partial charge in [0.05, 0.1) is 26.9 Å². The maximum absolute atomic E-state index is 13.0. The fraction of sp³-hybridized carbons (Fsp3) is 0.400. The normalized spacial score (nSPS) is 18.4. The minimum atomic E-state index is -5.05. The van der Waals surface area contributed by atoms with E-state index in [-0.39, 0.29) is 12.1 Å². The summed E-state index contributed by atoms with van der Waals surface area (Å²) < 4.78 is 60.8. The molecule has 0 aromatic heterocycles. The molecule has 2 unspecified atom stereocenters. The van der Waals surface area contributed by atoms with E-state index in [1.54, 1.807) is 7.11 Å². The first kappa shape index (κ1) is 33.8. The molecule has 2 bridgehead atoms. The molecule has 2 aliphatic rings. The van der Waals surface area contributed by atoms with E-state index in [1.807, 2.05) is 72.8 Å². The number of piperazine rings is 1. The lowest BCUT2D eigenvalue weighted by Crippen LogP contribution is -2.60. The summed E-state index contributed by atoms with van der Waals surface area (Å²) in [5, 5.41) is 4.22. The minimum Gasteiger partial charge on any atom is -0.496 e. The minimum absolute atomic E-state index is 0.104. The fourth-order valence-electron chi connectivity index (χ4n) is 5.90. The number of methoxy groups -OCH3 is 1. The third kappa shape index (κ3) is 9.25. The highest BCUT2D eigenvalue weighted by Gasteiger charge is 2.42. The number of carbonyl (C=O) groups excluding carboxylic acids is 1. The second-order valence-corrected chi connectivity index (χ2v) is 11.9. The fourth-order valence-corrected chi connectivity index (χ4v) is 6.03. The lowest BCUT2D eigenvalue weighted by molar-refractivity contribution is -0.198. The van der Waals surface area contributed by atoms with E-state index >= 15 is 0 Å². The van der Waals surface area contributed by atoms with Crippen molar-refractivity contribution >= 4 is 23.1 Å². The van der Waals surface area contributed by atoms with Crippen LogP contribution in [0.4, 0.5) is 13.2 Å². The first-order valence-corrected chi connectivity index (χ1v) is 15.7. The molecule has 2 atom stereocenters. The number of ether oxygens (including phenoxy) is 4. The summed E-state index contributed by atoms with van der Waals surface area (Å²) in [6.45, 7) is 3.18. The second kappa shape index (κ2) is 15.8. The van der Waals surface area contributed by atoms with Crippen LogP contribution in [-0.4, -0.2) is 75.7 Å². The summed E-state index contributed by atoms with van der Waals surface area (Å²) in [5.74, 6) is -0.714. The number of nitrogens with one attached hydrogen (secondary N) is 1. The van der Waals surface area contributed by atoms with E-state index in [9.17, 15) is 18.0 Å². The Balaban J connectivity index is 1.19. The summed E-state index contributed by atoms with van der Waals surface area (Å²) in [7, 11) is 1.63. The Morgan fingerprint density at radius 2 is 1.74 bits per heavy atom. The number of halogens is 4. The van der Waals surface area contributed by atoms with Crippen LogP contribution in [0.15, 0.2) is 78.4 Å². The number of hydrogen-bond acceptors (Lipinski definition) is 7. The number of nitrogens with zero attached hydrogens (tertiary/aromatic N) is 1. The van der Waals surface area contributed by atoms with E-state index < -0.39 is 18.8 Å². The van der Waals surface area contributed by atoms with Crippen molar-refractivity contribution < 1.29 is 36.9 Å². The van der Waals surface area contributed by atoms with Crippen molar-refractivity contribution in [3.05, 3.63) is 100 Å². The molecule has 46 heavy (non-hydrogen) atoms. The van der Waals surface area contributed by atoms with Gasteiger partial charge in [-0.05, 0) is 65.4 Å². The Morgan fingerprint density at radius 1 is 0.978 bits per heavy atom. The third-order valence-corrected chi connectivity index (χ3v) is 8.44. The van der Waals surface area contributed by atoms with Crippen LogP contribution in [0.3, 0.4) is 0 Å². The van der Waals surface area contributed by atoms with Crippen LogP contribution in [0.1, 0.15) is 29.5 Å². The Hall–Kier alpha value is -3.57. The number of hydrogen-bond donors (Lipinski definition) is 1. The number of fused-ring (bicyclic) bond motifs is 2. The number of alkyl halides is 3. The van der Waals surface area contributed by atoms with Gasteiger partial charge in [-0.1, -0.05) is 54.1 Å². The molecule has 1 fully saturated rings. The Kier molecular flexibility index (Phi) is 11.6. The number of esters is 1. The van der Waals surface area contributed by atoms with Crippen LogP contribution >= 0.6 is 11.6 Å². The van der Waals surface area contributed by atoms with Gasteiger partial charge in [0.2, 0.25) is 0 Å². The van der Waals surface area contributed by atoms with Gasteiger partial charge in [0.1, 0.15) is 18.1 Å². The number of carbonyl (C=O) groups is 1. The number of benzene rings is 3. The van der Waals surface area contributed by atoms with E-state index in [0.29, 0.717) is 55.6 Å². The van der Waals surface area contributed by atoms with Crippen molar-refractivity contribution in [2.75, 3.05) is 46.6 Å². The van der Waals surface area contributed by atoms with E-state index in [2.05, 4.69) is 10.2 Å². The average molecular weight is 659 g/mol. The molecule has 0 saturated carbocycles. The van der Waals surface area contributed by atoms with Crippen molar-refractivity contribution in [2.24, 2.45) is 0 Å². The van der Waals surface area contributed by atoms with Crippen LogP contribution in [0.5, 0.6) is 11.5 Å². The van der Waals surface area contributed by atoms with Crippen LogP contribution in [0.25, 0.3) is 5.57 Å². The zero-order valence-corrected chi connectivity index (χ0v) is 26.4. The quantitative estimate of drug-likeness (QED) is 0.157. The predicted octanol–water partition coefficient (Wildman–Crippen LogP) is 6.48.